The highest BCUT2D eigenvalue weighted by Crippen LogP contribution is 2.31. The summed E-state index contributed by atoms with van der Waals surface area (Å²) in [4.78, 5) is 25.9. The molecule has 0 radical (unpaired) electrons. The van der Waals surface area contributed by atoms with Crippen molar-refractivity contribution in [2.24, 2.45) is 0 Å². The number of carbonyl (C=O) groups excluding carboxylic acids is 1. The lowest BCUT2D eigenvalue weighted by molar-refractivity contribution is 0.0966. The number of hydrogen-bond acceptors (Lipinski definition) is 3. The van der Waals surface area contributed by atoms with Gasteiger partial charge < -0.3 is 4.74 Å². The number of ketones is 1. The number of hydrogen-bond donors (Lipinski definition) is 0. The van der Waals surface area contributed by atoms with Crippen LogP contribution in [0, 0.1) is 0 Å². The van der Waals surface area contributed by atoms with Crippen LogP contribution in [0.2, 0.25) is 5.02 Å². The molecular formula is C23H23ClN2O3. The Balaban J connectivity index is 2.06. The molecule has 6 heteroatoms. The van der Waals surface area contributed by atoms with Gasteiger partial charge in [-0.25, -0.2) is 4.79 Å². The number of aromatic nitrogens is 2. The van der Waals surface area contributed by atoms with Crippen LogP contribution >= 0.6 is 11.6 Å². The van der Waals surface area contributed by atoms with E-state index in [2.05, 4.69) is 13.2 Å². The zero-order valence-electron chi connectivity index (χ0n) is 16.5. The second-order valence-corrected chi connectivity index (χ2v) is 7.17. The monoisotopic (exact) mass is 410 g/mol. The van der Waals surface area contributed by atoms with Crippen molar-refractivity contribution in [3.63, 3.8) is 0 Å². The minimum absolute atomic E-state index is 0.0759. The predicted octanol–water partition coefficient (Wildman–Crippen LogP) is 4.82. The van der Waals surface area contributed by atoms with E-state index in [0.29, 0.717) is 34.9 Å². The second kappa shape index (κ2) is 8.53. The summed E-state index contributed by atoms with van der Waals surface area (Å²) < 4.78 is 8.41. The fraction of sp³-hybridized carbons (Fsp3) is 0.217. The Morgan fingerprint density at radius 3 is 2.34 bits per heavy atom. The van der Waals surface area contributed by atoms with E-state index in [9.17, 15) is 9.59 Å². The summed E-state index contributed by atoms with van der Waals surface area (Å²) in [6.45, 7) is 10.0. The van der Waals surface area contributed by atoms with Crippen molar-refractivity contribution in [3.8, 4) is 5.75 Å². The largest absolute Gasteiger partial charge is 0.497 e. The van der Waals surface area contributed by atoms with E-state index in [1.807, 2.05) is 6.92 Å². The van der Waals surface area contributed by atoms with Crippen LogP contribution in [0.4, 0.5) is 0 Å². The molecule has 0 spiro atoms. The Morgan fingerprint density at radius 1 is 1.10 bits per heavy atom. The zero-order chi connectivity index (χ0) is 21.1. The molecule has 1 heterocycles. The maximum Gasteiger partial charge on any atom is 0.329 e. The minimum atomic E-state index is -0.444. The van der Waals surface area contributed by atoms with Crippen LogP contribution in [0.1, 0.15) is 28.8 Å². The average Bonchev–Trinajstić information content (AvgIpc) is 2.98. The Morgan fingerprint density at radius 2 is 1.76 bits per heavy atom. The zero-order valence-corrected chi connectivity index (χ0v) is 17.3. The van der Waals surface area contributed by atoms with Crippen molar-refractivity contribution in [2.75, 3.05) is 7.11 Å². The van der Waals surface area contributed by atoms with Crippen molar-refractivity contribution in [3.05, 3.63) is 88.3 Å². The first-order chi connectivity index (χ1) is 13.9. The van der Waals surface area contributed by atoms with Gasteiger partial charge in [0.1, 0.15) is 5.75 Å². The highest BCUT2D eigenvalue weighted by atomic mass is 35.5. The number of allylic oxidation sites excluding steroid dienone is 2. The van der Waals surface area contributed by atoms with Gasteiger partial charge in [-0.2, -0.15) is 0 Å². The van der Waals surface area contributed by atoms with E-state index in [4.69, 9.17) is 16.3 Å². The molecule has 1 unspecified atom stereocenters. The van der Waals surface area contributed by atoms with Crippen LogP contribution in [-0.4, -0.2) is 22.0 Å². The SMILES string of the molecule is C=CCn1c(=O)n(CC=C)c2cc(C(=O)C(C)c3ccc(OC)cc3Cl)ccc21. The average molecular weight is 411 g/mol. The number of halogens is 1. The number of ether oxygens (including phenoxy) is 1. The van der Waals surface area contributed by atoms with Crippen molar-refractivity contribution >= 4 is 28.4 Å². The Hall–Kier alpha value is -3.05. The number of imidazole rings is 1. The molecule has 0 amide bonds. The van der Waals surface area contributed by atoms with Gasteiger partial charge in [-0.05, 0) is 35.9 Å². The van der Waals surface area contributed by atoms with Crippen LogP contribution in [0.15, 0.2) is 66.5 Å². The van der Waals surface area contributed by atoms with Gasteiger partial charge >= 0.3 is 5.69 Å². The van der Waals surface area contributed by atoms with Crippen molar-refractivity contribution < 1.29 is 9.53 Å². The number of rotatable bonds is 8. The lowest BCUT2D eigenvalue weighted by Gasteiger charge is -2.14. The molecule has 0 saturated carbocycles. The van der Waals surface area contributed by atoms with E-state index in [0.717, 1.165) is 11.1 Å². The lowest BCUT2D eigenvalue weighted by atomic mass is 9.92. The summed E-state index contributed by atoms with van der Waals surface area (Å²) in [6, 6.07) is 10.6. The van der Waals surface area contributed by atoms with Gasteiger partial charge in [-0.15, -0.1) is 13.2 Å². The van der Waals surface area contributed by atoms with Crippen molar-refractivity contribution in [2.45, 2.75) is 25.9 Å². The first-order valence-corrected chi connectivity index (χ1v) is 9.63. The fourth-order valence-electron chi connectivity index (χ4n) is 3.46. The number of methoxy groups -OCH3 is 1. The van der Waals surface area contributed by atoms with Crippen molar-refractivity contribution in [1.82, 2.24) is 9.13 Å². The third-order valence-electron chi connectivity index (χ3n) is 4.99. The standard InChI is InChI=1S/C23H23ClN2O3/c1-5-11-25-20-10-7-16(13-21(20)26(12-6-2)23(25)28)22(27)15(3)18-9-8-17(29-4)14-19(18)24/h5-10,13-15H,1-2,11-12H2,3-4H3. The smallest absolute Gasteiger partial charge is 0.329 e. The van der Waals surface area contributed by atoms with Crippen LogP contribution < -0.4 is 10.4 Å². The van der Waals surface area contributed by atoms with Crippen LogP contribution in [0.3, 0.4) is 0 Å². The van der Waals surface area contributed by atoms with Gasteiger partial charge in [-0.1, -0.05) is 36.7 Å². The summed E-state index contributed by atoms with van der Waals surface area (Å²) in [5.41, 5.74) is 2.53. The number of fused-ring (bicyclic) bond motifs is 1. The number of Topliss-reactive ketones (excluding diaryl/α,β-unsaturated/α-hetero) is 1. The normalized spacial score (nSPS) is 12.0. The summed E-state index contributed by atoms with van der Waals surface area (Å²) in [5, 5.41) is 0.479. The van der Waals surface area contributed by atoms with Gasteiger partial charge in [0.25, 0.3) is 0 Å². The minimum Gasteiger partial charge on any atom is -0.497 e. The molecule has 0 aliphatic carbocycles. The van der Waals surface area contributed by atoms with E-state index < -0.39 is 5.92 Å². The fourth-order valence-corrected chi connectivity index (χ4v) is 3.80. The van der Waals surface area contributed by atoms with Gasteiger partial charge in [0.2, 0.25) is 0 Å². The quantitative estimate of drug-likeness (QED) is 0.395. The molecule has 1 aromatic heterocycles. The molecule has 0 bridgehead atoms. The predicted molar refractivity (Wildman–Crippen MR) is 117 cm³/mol. The van der Waals surface area contributed by atoms with Crippen LogP contribution in [0.25, 0.3) is 11.0 Å². The van der Waals surface area contributed by atoms with Crippen LogP contribution in [0.5, 0.6) is 5.75 Å². The maximum atomic E-state index is 13.2. The first kappa shape index (κ1) is 20.7. The van der Waals surface area contributed by atoms with E-state index in [1.165, 1.54) is 0 Å². The Kier molecular flexibility index (Phi) is 6.09. The molecule has 0 N–H and O–H groups in total. The van der Waals surface area contributed by atoms with Gasteiger partial charge in [0.05, 0.1) is 18.1 Å². The highest BCUT2D eigenvalue weighted by molar-refractivity contribution is 6.32. The molecule has 3 rings (SSSR count). The van der Waals surface area contributed by atoms with Crippen molar-refractivity contribution in [1.29, 1.82) is 0 Å². The molecule has 0 aliphatic rings. The lowest BCUT2D eigenvalue weighted by Crippen LogP contribution is -2.23. The molecule has 0 fully saturated rings. The molecule has 29 heavy (non-hydrogen) atoms. The number of carbonyl (C=O) groups is 1. The van der Waals surface area contributed by atoms with Gasteiger partial charge in [0, 0.05) is 29.6 Å². The van der Waals surface area contributed by atoms with Crippen LogP contribution in [-0.2, 0) is 13.1 Å². The van der Waals surface area contributed by atoms with Gasteiger partial charge in [0.15, 0.2) is 5.78 Å². The second-order valence-electron chi connectivity index (χ2n) is 6.76. The number of benzene rings is 2. The molecule has 5 nitrogen and oxygen atoms in total. The highest BCUT2D eigenvalue weighted by Gasteiger charge is 2.22. The number of nitrogens with zero attached hydrogens (tertiary/aromatic N) is 2. The molecule has 1 atom stereocenters. The Labute approximate surface area is 174 Å². The molecule has 3 aromatic rings. The molecule has 2 aromatic carbocycles. The molecule has 0 saturated heterocycles. The molecular weight excluding hydrogens is 388 g/mol. The molecule has 0 aliphatic heterocycles. The third kappa shape index (κ3) is 3.78. The van der Waals surface area contributed by atoms with E-state index >= 15 is 0 Å². The van der Waals surface area contributed by atoms with E-state index in [-0.39, 0.29) is 11.5 Å². The summed E-state index contributed by atoms with van der Waals surface area (Å²) in [7, 11) is 1.57. The Bertz CT molecular complexity index is 1160. The topological polar surface area (TPSA) is 53.2 Å². The summed E-state index contributed by atoms with van der Waals surface area (Å²) in [5.74, 6) is 0.116. The third-order valence-corrected chi connectivity index (χ3v) is 5.32. The summed E-state index contributed by atoms with van der Waals surface area (Å²) >= 11 is 6.35. The first-order valence-electron chi connectivity index (χ1n) is 9.25. The maximum absolute atomic E-state index is 13.2. The van der Waals surface area contributed by atoms with Gasteiger partial charge in [-0.3, -0.25) is 13.9 Å². The molecule has 150 valence electrons. The summed E-state index contributed by atoms with van der Waals surface area (Å²) in [6.07, 6.45) is 3.33. The van der Waals surface area contributed by atoms with E-state index in [1.54, 1.807) is 64.8 Å².